The molecule has 0 aliphatic carbocycles. The molecule has 0 radical (unpaired) electrons. The second-order valence-corrected chi connectivity index (χ2v) is 4.61. The fourth-order valence-electron chi connectivity index (χ4n) is 1.80. The van der Waals surface area contributed by atoms with E-state index in [9.17, 15) is 0 Å². The van der Waals surface area contributed by atoms with Gasteiger partial charge in [-0.05, 0) is 27.0 Å². The second kappa shape index (κ2) is 8.91. The molecule has 0 aliphatic heterocycles. The summed E-state index contributed by atoms with van der Waals surface area (Å²) >= 11 is 0. The molecular weight excluding hydrogens is 242 g/mol. The van der Waals surface area contributed by atoms with Crippen LogP contribution in [0.1, 0.15) is 25.5 Å². The van der Waals surface area contributed by atoms with E-state index in [1.54, 1.807) is 7.11 Å². The summed E-state index contributed by atoms with van der Waals surface area (Å²) < 4.78 is 16.4. The number of hydrogen-bond acceptors (Lipinski definition) is 4. The van der Waals surface area contributed by atoms with E-state index >= 15 is 0 Å². The first-order valence-electron chi connectivity index (χ1n) is 6.68. The van der Waals surface area contributed by atoms with Crippen molar-refractivity contribution in [3.63, 3.8) is 0 Å². The predicted molar refractivity (Wildman–Crippen MR) is 76.7 cm³/mol. The highest BCUT2D eigenvalue weighted by Gasteiger charge is 2.15. The summed E-state index contributed by atoms with van der Waals surface area (Å²) in [6.45, 7) is 5.86. The molecule has 0 aromatic heterocycles. The lowest BCUT2D eigenvalue weighted by Gasteiger charge is -2.21. The predicted octanol–water partition coefficient (Wildman–Crippen LogP) is 2.40. The summed E-state index contributed by atoms with van der Waals surface area (Å²) in [6.07, 6.45) is 0.160. The number of para-hydroxylation sites is 1. The molecule has 1 N–H and O–H groups in total. The Labute approximate surface area is 116 Å². The van der Waals surface area contributed by atoms with Gasteiger partial charge in [-0.1, -0.05) is 18.2 Å². The minimum Gasteiger partial charge on any atom is -0.491 e. The lowest BCUT2D eigenvalue weighted by molar-refractivity contribution is 0.0590. The molecule has 1 aromatic carbocycles. The van der Waals surface area contributed by atoms with Crippen molar-refractivity contribution in [2.45, 2.75) is 26.0 Å². The zero-order chi connectivity index (χ0) is 14.1. The van der Waals surface area contributed by atoms with E-state index in [4.69, 9.17) is 14.2 Å². The molecular formula is C15H25NO3. The van der Waals surface area contributed by atoms with Crippen LogP contribution in [-0.2, 0) is 9.47 Å². The van der Waals surface area contributed by atoms with Gasteiger partial charge in [0.25, 0.3) is 0 Å². The summed E-state index contributed by atoms with van der Waals surface area (Å²) in [5.41, 5.74) is 1.12. The average Bonchev–Trinajstić information content (AvgIpc) is 2.39. The van der Waals surface area contributed by atoms with Crippen molar-refractivity contribution in [1.29, 1.82) is 0 Å². The molecule has 4 nitrogen and oxygen atoms in total. The van der Waals surface area contributed by atoms with Crippen LogP contribution in [0.3, 0.4) is 0 Å². The minimum absolute atomic E-state index is 0.117. The summed E-state index contributed by atoms with van der Waals surface area (Å²) in [5, 5.41) is 3.26. The van der Waals surface area contributed by atoms with Crippen molar-refractivity contribution >= 4 is 0 Å². The SMILES string of the molecule is CNC(COCCOC)c1ccccc1OC(C)C. The van der Waals surface area contributed by atoms with Crippen molar-refractivity contribution < 1.29 is 14.2 Å². The summed E-state index contributed by atoms with van der Waals surface area (Å²) in [7, 11) is 3.60. The molecule has 0 amide bonds. The monoisotopic (exact) mass is 267 g/mol. The Hall–Kier alpha value is -1.10. The lowest BCUT2D eigenvalue weighted by atomic mass is 10.1. The maximum atomic E-state index is 5.84. The van der Waals surface area contributed by atoms with Gasteiger partial charge in [-0.25, -0.2) is 0 Å². The first-order valence-corrected chi connectivity index (χ1v) is 6.68. The fraction of sp³-hybridized carbons (Fsp3) is 0.600. The lowest BCUT2D eigenvalue weighted by Crippen LogP contribution is -2.24. The summed E-state index contributed by atoms with van der Waals surface area (Å²) in [6, 6.07) is 8.18. The van der Waals surface area contributed by atoms with E-state index in [-0.39, 0.29) is 12.1 Å². The molecule has 0 saturated carbocycles. The van der Waals surface area contributed by atoms with Crippen LogP contribution in [-0.4, -0.2) is 40.1 Å². The third-order valence-corrected chi connectivity index (χ3v) is 2.72. The van der Waals surface area contributed by atoms with Gasteiger partial charge in [0, 0.05) is 12.7 Å². The zero-order valence-electron chi connectivity index (χ0n) is 12.3. The Bertz CT molecular complexity index is 355. The van der Waals surface area contributed by atoms with E-state index in [1.807, 2.05) is 39.1 Å². The van der Waals surface area contributed by atoms with Crippen LogP contribution in [0, 0.1) is 0 Å². The standard InChI is InChI=1S/C15H25NO3/c1-12(2)19-15-8-6-5-7-13(15)14(16-3)11-18-10-9-17-4/h5-8,12,14,16H,9-11H2,1-4H3. The van der Waals surface area contributed by atoms with E-state index in [0.717, 1.165) is 11.3 Å². The Kier molecular flexibility index (Phi) is 7.48. The van der Waals surface area contributed by atoms with Crippen molar-refractivity contribution in [1.82, 2.24) is 5.32 Å². The maximum Gasteiger partial charge on any atom is 0.124 e. The van der Waals surface area contributed by atoms with Crippen molar-refractivity contribution in [2.24, 2.45) is 0 Å². The molecule has 0 saturated heterocycles. The van der Waals surface area contributed by atoms with Crippen LogP contribution in [0.25, 0.3) is 0 Å². The molecule has 0 fully saturated rings. The van der Waals surface area contributed by atoms with Gasteiger partial charge in [-0.3, -0.25) is 0 Å². The van der Waals surface area contributed by atoms with Crippen LogP contribution in [0.5, 0.6) is 5.75 Å². The number of nitrogens with one attached hydrogen (secondary N) is 1. The summed E-state index contributed by atoms with van der Waals surface area (Å²) in [5.74, 6) is 0.909. The van der Waals surface area contributed by atoms with Gasteiger partial charge in [-0.2, -0.15) is 0 Å². The van der Waals surface area contributed by atoms with Gasteiger partial charge < -0.3 is 19.5 Å². The smallest absolute Gasteiger partial charge is 0.124 e. The molecule has 1 aromatic rings. The quantitative estimate of drug-likeness (QED) is 0.697. The van der Waals surface area contributed by atoms with E-state index in [0.29, 0.717) is 19.8 Å². The highest BCUT2D eigenvalue weighted by molar-refractivity contribution is 5.36. The first-order chi connectivity index (χ1) is 9.19. The fourth-order valence-corrected chi connectivity index (χ4v) is 1.80. The van der Waals surface area contributed by atoms with Crippen LogP contribution in [0.2, 0.25) is 0 Å². The molecule has 19 heavy (non-hydrogen) atoms. The van der Waals surface area contributed by atoms with E-state index < -0.39 is 0 Å². The van der Waals surface area contributed by atoms with Crippen LogP contribution >= 0.6 is 0 Å². The molecule has 108 valence electrons. The minimum atomic E-state index is 0.117. The first kappa shape index (κ1) is 16.0. The number of ether oxygens (including phenoxy) is 3. The third-order valence-electron chi connectivity index (χ3n) is 2.72. The topological polar surface area (TPSA) is 39.7 Å². The zero-order valence-corrected chi connectivity index (χ0v) is 12.3. The Morgan fingerprint density at radius 1 is 1.16 bits per heavy atom. The molecule has 0 spiro atoms. The van der Waals surface area contributed by atoms with Gasteiger partial charge in [0.1, 0.15) is 5.75 Å². The highest BCUT2D eigenvalue weighted by atomic mass is 16.5. The number of methoxy groups -OCH3 is 1. The summed E-state index contributed by atoms with van der Waals surface area (Å²) in [4.78, 5) is 0. The molecule has 1 atom stereocenters. The Morgan fingerprint density at radius 3 is 2.53 bits per heavy atom. The second-order valence-electron chi connectivity index (χ2n) is 4.61. The largest absolute Gasteiger partial charge is 0.491 e. The molecule has 1 rings (SSSR count). The molecule has 4 heteroatoms. The third kappa shape index (κ3) is 5.59. The normalized spacial score (nSPS) is 12.7. The van der Waals surface area contributed by atoms with Crippen molar-refractivity contribution in [2.75, 3.05) is 34.0 Å². The molecule has 0 heterocycles. The van der Waals surface area contributed by atoms with Crippen LogP contribution in [0.4, 0.5) is 0 Å². The van der Waals surface area contributed by atoms with Crippen LogP contribution < -0.4 is 10.1 Å². The number of likely N-dealkylation sites (N-methyl/N-ethyl adjacent to an activating group) is 1. The van der Waals surface area contributed by atoms with Gasteiger partial charge >= 0.3 is 0 Å². The number of hydrogen-bond donors (Lipinski definition) is 1. The highest BCUT2D eigenvalue weighted by Crippen LogP contribution is 2.26. The molecule has 0 bridgehead atoms. The van der Waals surface area contributed by atoms with Crippen molar-refractivity contribution in [3.05, 3.63) is 29.8 Å². The average molecular weight is 267 g/mol. The van der Waals surface area contributed by atoms with E-state index in [2.05, 4.69) is 11.4 Å². The van der Waals surface area contributed by atoms with Crippen molar-refractivity contribution in [3.8, 4) is 5.75 Å². The van der Waals surface area contributed by atoms with Gasteiger partial charge in [0.15, 0.2) is 0 Å². The maximum absolute atomic E-state index is 5.84. The Morgan fingerprint density at radius 2 is 1.89 bits per heavy atom. The van der Waals surface area contributed by atoms with Gasteiger partial charge in [0.05, 0.1) is 32.0 Å². The van der Waals surface area contributed by atoms with Crippen LogP contribution in [0.15, 0.2) is 24.3 Å². The number of rotatable bonds is 9. The van der Waals surface area contributed by atoms with E-state index in [1.165, 1.54) is 0 Å². The van der Waals surface area contributed by atoms with Gasteiger partial charge in [-0.15, -0.1) is 0 Å². The number of benzene rings is 1. The Balaban J connectivity index is 2.68. The van der Waals surface area contributed by atoms with Gasteiger partial charge in [0.2, 0.25) is 0 Å². The molecule has 1 unspecified atom stereocenters. The molecule has 0 aliphatic rings.